The summed E-state index contributed by atoms with van der Waals surface area (Å²) in [6.45, 7) is 2.23. The molecule has 0 bridgehead atoms. The van der Waals surface area contributed by atoms with Gasteiger partial charge in [-0.3, -0.25) is 14.1 Å². The van der Waals surface area contributed by atoms with Crippen LogP contribution >= 0.6 is 0 Å². The second-order valence-electron chi connectivity index (χ2n) is 6.30. The van der Waals surface area contributed by atoms with E-state index in [9.17, 15) is 18.0 Å². The molecule has 7 nitrogen and oxygen atoms in total. The van der Waals surface area contributed by atoms with Gasteiger partial charge in [-0.2, -0.15) is 8.42 Å². The van der Waals surface area contributed by atoms with Crippen molar-refractivity contribution in [3.63, 3.8) is 0 Å². The molecule has 1 unspecified atom stereocenters. The maximum atomic E-state index is 11.6. The van der Waals surface area contributed by atoms with Gasteiger partial charge in [0, 0.05) is 0 Å². The van der Waals surface area contributed by atoms with E-state index in [0.29, 0.717) is 6.42 Å². The van der Waals surface area contributed by atoms with Crippen molar-refractivity contribution in [3.8, 4) is 0 Å². The molecule has 2 N–H and O–H groups in total. The lowest BCUT2D eigenvalue weighted by atomic mass is 10.1. The molecule has 0 radical (unpaired) electrons. The lowest BCUT2D eigenvalue weighted by Gasteiger charge is -2.11. The second kappa shape index (κ2) is 14.1. The molecule has 0 spiro atoms. The van der Waals surface area contributed by atoms with Gasteiger partial charge in [0.2, 0.25) is 0 Å². The molecule has 0 aliphatic rings. The number of carboxylic acid groups (broad SMARTS) is 1. The fourth-order valence-electron chi connectivity index (χ4n) is 2.50. The topological polar surface area (TPSA) is 118 Å². The molecule has 0 aliphatic carbocycles. The first kappa shape index (κ1) is 23.9. The normalized spacial score (nSPS) is 12.7. The van der Waals surface area contributed by atoms with E-state index in [2.05, 4.69) is 6.92 Å². The third-order valence-electron chi connectivity index (χ3n) is 3.97. The third-order valence-corrected chi connectivity index (χ3v) is 5.05. The first-order valence-electron chi connectivity index (χ1n) is 9.13. The van der Waals surface area contributed by atoms with Gasteiger partial charge in [-0.05, 0) is 6.42 Å². The average molecular weight is 381 g/mol. The van der Waals surface area contributed by atoms with Crippen LogP contribution in [0.4, 0.5) is 0 Å². The highest BCUT2D eigenvalue weighted by atomic mass is 32.2. The summed E-state index contributed by atoms with van der Waals surface area (Å²) in [4.78, 5) is 22.1. The van der Waals surface area contributed by atoms with Crippen LogP contribution < -0.4 is 0 Å². The SMILES string of the molecule is CCCCCCCCCCCCCOC(=O)C(CC(=O)O)S(=O)(=O)O. The Bertz CT molecular complexity index is 473. The van der Waals surface area contributed by atoms with Gasteiger partial charge in [-0.15, -0.1) is 0 Å². The number of hydrogen-bond acceptors (Lipinski definition) is 5. The number of esters is 1. The lowest BCUT2D eigenvalue weighted by molar-refractivity contribution is -0.147. The Morgan fingerprint density at radius 2 is 1.32 bits per heavy atom. The molecule has 25 heavy (non-hydrogen) atoms. The van der Waals surface area contributed by atoms with Crippen LogP contribution in [0, 0.1) is 0 Å². The molecule has 0 amide bonds. The second-order valence-corrected chi connectivity index (χ2v) is 7.90. The van der Waals surface area contributed by atoms with Gasteiger partial charge in [0.1, 0.15) is 0 Å². The van der Waals surface area contributed by atoms with Crippen molar-refractivity contribution in [2.45, 2.75) is 89.2 Å². The molecule has 148 valence electrons. The van der Waals surface area contributed by atoms with E-state index in [4.69, 9.17) is 14.4 Å². The number of ether oxygens (including phenoxy) is 1. The van der Waals surface area contributed by atoms with Gasteiger partial charge in [0.15, 0.2) is 5.25 Å². The van der Waals surface area contributed by atoms with Crippen molar-refractivity contribution in [1.82, 2.24) is 0 Å². The molecule has 8 heteroatoms. The average Bonchev–Trinajstić information content (AvgIpc) is 2.52. The number of carbonyl (C=O) groups is 2. The summed E-state index contributed by atoms with van der Waals surface area (Å²) in [5, 5.41) is 6.53. The van der Waals surface area contributed by atoms with E-state index in [1.54, 1.807) is 0 Å². The van der Waals surface area contributed by atoms with Gasteiger partial charge < -0.3 is 9.84 Å². The molecule has 0 aromatic carbocycles. The molecular weight excluding hydrogens is 348 g/mol. The Morgan fingerprint density at radius 1 is 0.880 bits per heavy atom. The summed E-state index contributed by atoms with van der Waals surface area (Å²) in [6.07, 6.45) is 11.5. The standard InChI is InChI=1S/C17H32O7S/c1-2-3-4-5-6-7-8-9-10-11-12-13-24-17(20)15(14-16(18)19)25(21,22)23/h15H,2-14H2,1H3,(H,18,19)(H,21,22,23). The van der Waals surface area contributed by atoms with Crippen molar-refractivity contribution in [2.75, 3.05) is 6.61 Å². The largest absolute Gasteiger partial charge is 0.481 e. The smallest absolute Gasteiger partial charge is 0.327 e. The Morgan fingerprint density at radius 3 is 1.72 bits per heavy atom. The van der Waals surface area contributed by atoms with Crippen LogP contribution in [-0.2, 0) is 24.4 Å². The molecule has 0 aromatic heterocycles. The quantitative estimate of drug-likeness (QED) is 0.239. The van der Waals surface area contributed by atoms with E-state index >= 15 is 0 Å². The van der Waals surface area contributed by atoms with Crippen molar-refractivity contribution < 1.29 is 32.4 Å². The first-order chi connectivity index (χ1) is 11.8. The molecule has 0 aromatic rings. The van der Waals surface area contributed by atoms with E-state index in [1.165, 1.54) is 44.9 Å². The molecule has 0 saturated carbocycles. The predicted octanol–water partition coefficient (Wildman–Crippen LogP) is 3.57. The molecule has 0 saturated heterocycles. The molecular formula is C17H32O7S. The first-order valence-corrected chi connectivity index (χ1v) is 10.6. The molecule has 0 rings (SSSR count). The van der Waals surface area contributed by atoms with Gasteiger partial charge in [-0.1, -0.05) is 71.1 Å². The minimum Gasteiger partial charge on any atom is -0.481 e. The van der Waals surface area contributed by atoms with Crippen LogP contribution in [0.5, 0.6) is 0 Å². The Balaban J connectivity index is 3.69. The number of carboxylic acids is 1. The molecule has 0 heterocycles. The van der Waals surface area contributed by atoms with Gasteiger partial charge in [0.25, 0.3) is 10.1 Å². The fraction of sp³-hybridized carbons (Fsp3) is 0.882. The van der Waals surface area contributed by atoms with Gasteiger partial charge in [-0.25, -0.2) is 0 Å². The number of unbranched alkanes of at least 4 members (excludes halogenated alkanes) is 10. The molecule has 1 atom stereocenters. The highest BCUT2D eigenvalue weighted by Gasteiger charge is 2.34. The number of aliphatic carboxylic acids is 1. The van der Waals surface area contributed by atoms with E-state index in [-0.39, 0.29) is 6.61 Å². The van der Waals surface area contributed by atoms with Crippen LogP contribution in [0.2, 0.25) is 0 Å². The van der Waals surface area contributed by atoms with Crippen molar-refractivity contribution in [2.24, 2.45) is 0 Å². The molecule has 0 fully saturated rings. The van der Waals surface area contributed by atoms with Crippen LogP contribution in [0.25, 0.3) is 0 Å². The van der Waals surface area contributed by atoms with Gasteiger partial charge >= 0.3 is 11.9 Å². The van der Waals surface area contributed by atoms with E-state index in [0.717, 1.165) is 19.3 Å². The highest BCUT2D eigenvalue weighted by Crippen LogP contribution is 2.12. The summed E-state index contributed by atoms with van der Waals surface area (Å²) in [6, 6.07) is 0. The monoisotopic (exact) mass is 380 g/mol. The van der Waals surface area contributed by atoms with Crippen LogP contribution in [0.1, 0.15) is 84.0 Å². The van der Waals surface area contributed by atoms with E-state index in [1.807, 2.05) is 0 Å². The zero-order valence-corrected chi connectivity index (χ0v) is 15.9. The minimum absolute atomic E-state index is 0.0293. The summed E-state index contributed by atoms with van der Waals surface area (Å²) in [5.74, 6) is -2.70. The van der Waals surface area contributed by atoms with Crippen LogP contribution in [0.3, 0.4) is 0 Å². The lowest BCUT2D eigenvalue weighted by Crippen LogP contribution is -2.34. The Hall–Kier alpha value is -1.15. The Labute approximate surface area is 150 Å². The predicted molar refractivity (Wildman–Crippen MR) is 95.0 cm³/mol. The van der Waals surface area contributed by atoms with E-state index < -0.39 is 33.7 Å². The van der Waals surface area contributed by atoms with Crippen molar-refractivity contribution >= 4 is 22.1 Å². The molecule has 0 aliphatic heterocycles. The van der Waals surface area contributed by atoms with Crippen LogP contribution in [0.15, 0.2) is 0 Å². The Kier molecular flexibility index (Phi) is 13.4. The highest BCUT2D eigenvalue weighted by molar-refractivity contribution is 7.87. The van der Waals surface area contributed by atoms with Crippen molar-refractivity contribution in [3.05, 3.63) is 0 Å². The summed E-state index contributed by atoms with van der Waals surface area (Å²) >= 11 is 0. The minimum atomic E-state index is -4.78. The maximum Gasteiger partial charge on any atom is 0.327 e. The zero-order valence-electron chi connectivity index (χ0n) is 15.1. The number of hydrogen-bond donors (Lipinski definition) is 2. The fourth-order valence-corrected chi connectivity index (χ4v) is 3.17. The number of rotatable bonds is 16. The number of carbonyl (C=O) groups excluding carboxylic acids is 1. The summed E-state index contributed by atoms with van der Waals surface area (Å²) in [5.41, 5.74) is 0. The van der Waals surface area contributed by atoms with Gasteiger partial charge in [0.05, 0.1) is 13.0 Å². The third kappa shape index (κ3) is 13.8. The summed E-state index contributed by atoms with van der Waals surface area (Å²) in [7, 11) is -4.78. The zero-order chi connectivity index (χ0) is 19.1. The maximum absolute atomic E-state index is 11.6. The summed E-state index contributed by atoms with van der Waals surface area (Å²) < 4.78 is 35.7. The van der Waals surface area contributed by atoms with Crippen LogP contribution in [-0.4, -0.2) is 41.9 Å². The van der Waals surface area contributed by atoms with Crippen molar-refractivity contribution in [1.29, 1.82) is 0 Å².